The van der Waals surface area contributed by atoms with Gasteiger partial charge in [-0.1, -0.05) is 39.8 Å². The Labute approximate surface area is 345 Å². The number of urea groups is 2. The second-order valence-electron chi connectivity index (χ2n) is 15.7. The Morgan fingerprint density at radius 1 is 0.719 bits per heavy atom. The van der Waals surface area contributed by atoms with E-state index in [0.717, 1.165) is 86.3 Å². The van der Waals surface area contributed by atoms with Crippen molar-refractivity contribution in [1.82, 2.24) is 30.0 Å². The van der Waals surface area contributed by atoms with Gasteiger partial charge in [-0.05, 0) is 68.1 Å². The molecule has 0 spiro atoms. The molecule has 308 valence electrons. The largest absolute Gasteiger partial charge is 0.491 e. The summed E-state index contributed by atoms with van der Waals surface area (Å²) in [5, 5.41) is 13.0. The van der Waals surface area contributed by atoms with Gasteiger partial charge in [0.2, 0.25) is 0 Å². The molecule has 2 aromatic heterocycles. The molecule has 0 radical (unpaired) electrons. The summed E-state index contributed by atoms with van der Waals surface area (Å²) < 4.78 is 12.8. The van der Waals surface area contributed by atoms with Crippen molar-refractivity contribution in [2.75, 3.05) is 93.3 Å². The van der Waals surface area contributed by atoms with E-state index in [0.29, 0.717) is 46.4 Å². The first-order valence-electron chi connectivity index (χ1n) is 19.8. The average molecular weight is 819 g/mol. The number of hydrazine groups is 1. The minimum Gasteiger partial charge on any atom is -0.491 e. The topological polar surface area (TPSA) is 131 Å². The van der Waals surface area contributed by atoms with E-state index in [1.807, 2.05) is 56.4 Å². The van der Waals surface area contributed by atoms with Gasteiger partial charge >= 0.3 is 12.1 Å². The van der Waals surface area contributed by atoms with Gasteiger partial charge < -0.3 is 19.7 Å². The van der Waals surface area contributed by atoms with Crippen LogP contribution in [0.25, 0.3) is 0 Å². The van der Waals surface area contributed by atoms with Crippen molar-refractivity contribution in [2.45, 2.75) is 54.6 Å². The molecule has 0 unspecified atom stereocenters. The molecule has 6 rings (SSSR count). The number of benzene rings is 2. The van der Waals surface area contributed by atoms with Crippen LogP contribution in [0.1, 0.15) is 48.6 Å². The van der Waals surface area contributed by atoms with Crippen LogP contribution < -0.4 is 35.4 Å². The fourth-order valence-electron chi connectivity index (χ4n) is 6.43. The van der Waals surface area contributed by atoms with Crippen LogP contribution in [0.2, 0.25) is 0 Å². The summed E-state index contributed by atoms with van der Waals surface area (Å²) in [6, 6.07) is 10.0. The molecular formula is C41H58N10O4S2. The van der Waals surface area contributed by atoms with E-state index in [2.05, 4.69) is 75.4 Å². The monoisotopic (exact) mass is 818 g/mol. The second kappa shape index (κ2) is 19.9. The van der Waals surface area contributed by atoms with Crippen LogP contribution in [0.4, 0.5) is 31.2 Å². The minimum atomic E-state index is -0.600. The number of carbonyl (C=O) groups excluding carboxylic acids is 2. The van der Waals surface area contributed by atoms with Gasteiger partial charge in [0, 0.05) is 87.6 Å². The Bertz CT molecular complexity index is 1940. The Balaban J connectivity index is 1.40. The Morgan fingerprint density at radius 3 is 1.60 bits per heavy atom. The second-order valence-corrected chi connectivity index (χ2v) is 17.9. The van der Waals surface area contributed by atoms with Gasteiger partial charge in [0.1, 0.15) is 22.9 Å². The third-order valence-electron chi connectivity index (χ3n) is 9.52. The fourth-order valence-corrected chi connectivity index (χ4v) is 8.12. The molecule has 3 N–H and O–H groups in total. The number of likely N-dealkylation sites (N-methyl/N-ethyl adjacent to an activating group) is 1. The Kier molecular flexibility index (Phi) is 14.8. The number of aromatic nitrogens is 2. The quantitative estimate of drug-likeness (QED) is 0.113. The van der Waals surface area contributed by atoms with E-state index in [1.54, 1.807) is 6.20 Å². The number of carbonyl (C=O) groups is 2. The van der Waals surface area contributed by atoms with Gasteiger partial charge in [0.05, 0.1) is 13.2 Å². The van der Waals surface area contributed by atoms with Crippen molar-refractivity contribution < 1.29 is 19.1 Å². The molecule has 0 atom stereocenters. The highest BCUT2D eigenvalue weighted by molar-refractivity contribution is 7.16. The summed E-state index contributed by atoms with van der Waals surface area (Å²) in [6.45, 7) is 22.2. The number of amides is 4. The van der Waals surface area contributed by atoms with Crippen LogP contribution in [0.3, 0.4) is 0 Å². The van der Waals surface area contributed by atoms with Crippen LogP contribution in [-0.2, 0) is 13.1 Å². The number of aryl methyl sites for hydroxylation is 2. The van der Waals surface area contributed by atoms with Crippen LogP contribution in [-0.4, -0.2) is 109 Å². The Hall–Kier alpha value is -4.32. The van der Waals surface area contributed by atoms with Crippen LogP contribution >= 0.6 is 22.7 Å². The predicted molar refractivity (Wildman–Crippen MR) is 231 cm³/mol. The lowest BCUT2D eigenvalue weighted by molar-refractivity contribution is 0.149. The normalized spacial score (nSPS) is 15.5. The molecule has 2 saturated heterocycles. The van der Waals surface area contributed by atoms with Crippen molar-refractivity contribution in [3.05, 3.63) is 69.7 Å². The summed E-state index contributed by atoms with van der Waals surface area (Å²) in [6.07, 6.45) is 3.62. The zero-order valence-electron chi connectivity index (χ0n) is 34.3. The van der Waals surface area contributed by atoms with E-state index in [1.165, 1.54) is 32.7 Å². The van der Waals surface area contributed by atoms with Gasteiger partial charge in [-0.2, -0.15) is 10.0 Å². The average Bonchev–Trinajstić information content (AvgIpc) is 3.82. The third kappa shape index (κ3) is 11.9. The van der Waals surface area contributed by atoms with E-state index in [9.17, 15) is 9.59 Å². The maximum atomic E-state index is 15.0. The minimum absolute atomic E-state index is 0.211. The first-order chi connectivity index (χ1) is 27.4. The van der Waals surface area contributed by atoms with E-state index in [-0.39, 0.29) is 11.8 Å². The van der Waals surface area contributed by atoms with Gasteiger partial charge in [0.25, 0.3) is 0 Å². The first kappa shape index (κ1) is 42.3. The highest BCUT2D eigenvalue weighted by Crippen LogP contribution is 2.38. The van der Waals surface area contributed by atoms with E-state index in [4.69, 9.17) is 9.47 Å². The molecular weight excluding hydrogens is 761 g/mol. The molecule has 2 aromatic carbocycles. The lowest BCUT2D eigenvalue weighted by atomic mass is 10.2. The van der Waals surface area contributed by atoms with Crippen molar-refractivity contribution in [2.24, 2.45) is 11.8 Å². The van der Waals surface area contributed by atoms with Crippen molar-refractivity contribution in [3.63, 3.8) is 0 Å². The van der Waals surface area contributed by atoms with E-state index >= 15 is 0 Å². The zero-order valence-corrected chi connectivity index (χ0v) is 36.0. The van der Waals surface area contributed by atoms with Gasteiger partial charge in [-0.25, -0.2) is 19.6 Å². The number of anilines is 4. The molecule has 0 aliphatic carbocycles. The maximum absolute atomic E-state index is 15.0. The van der Waals surface area contributed by atoms with Crippen molar-refractivity contribution in [3.8, 4) is 11.5 Å². The summed E-state index contributed by atoms with van der Waals surface area (Å²) in [7, 11) is 2.14. The lowest BCUT2D eigenvalue weighted by Crippen LogP contribution is -2.54. The van der Waals surface area contributed by atoms with Crippen LogP contribution in [0.5, 0.6) is 11.5 Å². The molecule has 4 aromatic rings. The molecule has 2 aliphatic rings. The van der Waals surface area contributed by atoms with Gasteiger partial charge in [-0.15, -0.1) is 22.7 Å². The third-order valence-corrected chi connectivity index (χ3v) is 11.3. The number of nitrogens with zero attached hydrogens (tertiary/aromatic N) is 7. The number of ether oxygens (including phenoxy) is 2. The van der Waals surface area contributed by atoms with Crippen LogP contribution in [0.15, 0.2) is 48.8 Å². The molecule has 16 heteroatoms. The molecule has 2 aliphatic heterocycles. The lowest BCUT2D eigenvalue weighted by Gasteiger charge is -2.36. The standard InChI is InChI=1S/C41H58N10O4S2/c1-28(2)26-54-36-20-30(5)8-10-34(36)50(40(52)45-38-43-22-32(56-38)24-48-14-12-42-13-15-48)51(35-11-9-31(6)21-37(35)55-27-29(3)4)41(53)46-39-44-23-33(57-39)25-49-18-16-47(7)17-19-49/h8-11,20-23,28-29,42H,12-19,24-27H2,1-7H3,(H,43,45,52)(H,44,46,53). The first-order valence-corrected chi connectivity index (χ1v) is 21.5. The highest BCUT2D eigenvalue weighted by Gasteiger charge is 2.35. The predicted octanol–water partition coefficient (Wildman–Crippen LogP) is 7.13. The van der Waals surface area contributed by atoms with Crippen molar-refractivity contribution in [1.29, 1.82) is 0 Å². The molecule has 57 heavy (non-hydrogen) atoms. The summed E-state index contributed by atoms with van der Waals surface area (Å²) in [4.78, 5) is 48.3. The SMILES string of the molecule is Cc1ccc(N(C(=O)Nc2ncc(CN3CCNCC3)s2)N(C(=O)Nc2ncc(CN3CCN(C)CC3)s2)c2ccc(C)cc2OCC(C)C)c(OCC(C)C)c1. The number of hydrogen-bond acceptors (Lipinski definition) is 12. The number of thiazole rings is 2. The fraction of sp³-hybridized carbons (Fsp3) is 0.512. The molecule has 4 amide bonds. The Morgan fingerprint density at radius 2 is 1.16 bits per heavy atom. The molecule has 4 heterocycles. The summed E-state index contributed by atoms with van der Waals surface area (Å²) in [5.41, 5.74) is 2.63. The molecule has 14 nitrogen and oxygen atoms in total. The molecule has 0 bridgehead atoms. The van der Waals surface area contributed by atoms with Gasteiger partial charge in [0.15, 0.2) is 10.3 Å². The summed E-state index contributed by atoms with van der Waals surface area (Å²) >= 11 is 2.84. The highest BCUT2D eigenvalue weighted by atomic mass is 32.1. The van der Waals surface area contributed by atoms with Crippen LogP contribution in [0, 0.1) is 25.7 Å². The number of hydrogen-bond donors (Lipinski definition) is 3. The number of rotatable bonds is 14. The van der Waals surface area contributed by atoms with E-state index < -0.39 is 12.1 Å². The molecule has 2 fully saturated rings. The van der Waals surface area contributed by atoms with Gasteiger partial charge in [-0.3, -0.25) is 20.4 Å². The van der Waals surface area contributed by atoms with Crippen molar-refractivity contribution >= 4 is 56.4 Å². The summed E-state index contributed by atoms with van der Waals surface area (Å²) in [5.74, 6) is 1.33. The zero-order chi connectivity index (χ0) is 40.5. The smallest absolute Gasteiger partial charge is 0.347 e. The number of piperazine rings is 2. The number of nitrogens with one attached hydrogen (secondary N) is 3. The molecule has 0 saturated carbocycles. The maximum Gasteiger partial charge on any atom is 0.347 e.